The molecule has 0 saturated heterocycles. The summed E-state index contributed by atoms with van der Waals surface area (Å²) in [7, 11) is 0. The molecule has 76 valence electrons. The van der Waals surface area contributed by atoms with Gasteiger partial charge >= 0.3 is 6.09 Å². The molecule has 0 radical (unpaired) electrons. The van der Waals surface area contributed by atoms with Crippen molar-refractivity contribution >= 4 is 27.7 Å². The van der Waals surface area contributed by atoms with E-state index in [1.165, 1.54) is 6.07 Å². The third-order valence-corrected chi connectivity index (χ3v) is 2.08. The molecule has 14 heavy (non-hydrogen) atoms. The molecule has 0 aromatic heterocycles. The van der Waals surface area contributed by atoms with E-state index in [-0.39, 0.29) is 12.3 Å². The van der Waals surface area contributed by atoms with E-state index in [9.17, 15) is 9.18 Å². The lowest BCUT2D eigenvalue weighted by Crippen LogP contribution is -2.14. The fraction of sp³-hybridized carbons (Fsp3) is 0.222. The van der Waals surface area contributed by atoms with E-state index < -0.39 is 11.9 Å². The summed E-state index contributed by atoms with van der Waals surface area (Å²) in [6.07, 6.45) is -0.662. The third kappa shape index (κ3) is 2.70. The molecule has 1 amide bonds. The van der Waals surface area contributed by atoms with Crippen molar-refractivity contribution in [3.63, 3.8) is 0 Å². The van der Waals surface area contributed by atoms with Crippen LogP contribution in [0, 0.1) is 5.82 Å². The smallest absolute Gasteiger partial charge is 0.411 e. The van der Waals surface area contributed by atoms with Crippen molar-refractivity contribution in [3.8, 4) is 0 Å². The first kappa shape index (κ1) is 11.0. The van der Waals surface area contributed by atoms with Crippen LogP contribution in [0.25, 0.3) is 0 Å². The fourth-order valence-electron chi connectivity index (χ4n) is 0.877. The summed E-state index contributed by atoms with van der Waals surface area (Å²) in [4.78, 5) is 11.0. The van der Waals surface area contributed by atoms with Gasteiger partial charge in [0.2, 0.25) is 0 Å². The molecular formula is C9H9BrFNO2. The average molecular weight is 262 g/mol. The van der Waals surface area contributed by atoms with E-state index in [2.05, 4.69) is 26.0 Å². The maximum Gasteiger partial charge on any atom is 0.411 e. The number of rotatable bonds is 2. The lowest BCUT2D eigenvalue weighted by atomic mass is 10.3. The minimum atomic E-state index is -0.662. The number of benzene rings is 1. The summed E-state index contributed by atoms with van der Waals surface area (Å²) in [5.74, 6) is -0.513. The van der Waals surface area contributed by atoms with Crippen LogP contribution in [0.1, 0.15) is 6.92 Å². The Morgan fingerprint density at radius 2 is 2.36 bits per heavy atom. The van der Waals surface area contributed by atoms with Crippen LogP contribution in [-0.4, -0.2) is 12.7 Å². The van der Waals surface area contributed by atoms with E-state index in [4.69, 9.17) is 0 Å². The highest BCUT2D eigenvalue weighted by atomic mass is 79.9. The van der Waals surface area contributed by atoms with Gasteiger partial charge in [-0.1, -0.05) is 6.07 Å². The molecule has 1 N–H and O–H groups in total. The molecule has 3 nitrogen and oxygen atoms in total. The molecule has 0 saturated carbocycles. The fourth-order valence-corrected chi connectivity index (χ4v) is 1.24. The van der Waals surface area contributed by atoms with Crippen molar-refractivity contribution in [3.05, 3.63) is 28.5 Å². The van der Waals surface area contributed by atoms with Gasteiger partial charge in [-0.05, 0) is 35.0 Å². The largest absolute Gasteiger partial charge is 0.450 e. The highest BCUT2D eigenvalue weighted by Crippen LogP contribution is 2.22. The number of halogens is 2. The molecule has 1 aromatic carbocycles. The van der Waals surface area contributed by atoms with Gasteiger partial charge in [0.15, 0.2) is 5.82 Å². The van der Waals surface area contributed by atoms with Crippen LogP contribution in [0.2, 0.25) is 0 Å². The van der Waals surface area contributed by atoms with Crippen molar-refractivity contribution in [2.75, 3.05) is 11.9 Å². The van der Waals surface area contributed by atoms with E-state index >= 15 is 0 Å². The molecule has 0 unspecified atom stereocenters. The second-order valence-electron chi connectivity index (χ2n) is 2.45. The van der Waals surface area contributed by atoms with E-state index in [1.807, 2.05) is 0 Å². The molecule has 0 aliphatic heterocycles. The Labute approximate surface area is 89.4 Å². The van der Waals surface area contributed by atoms with Gasteiger partial charge < -0.3 is 4.74 Å². The average Bonchev–Trinajstić information content (AvgIpc) is 2.13. The summed E-state index contributed by atoms with van der Waals surface area (Å²) < 4.78 is 18.2. The molecule has 0 heterocycles. The summed E-state index contributed by atoms with van der Waals surface area (Å²) in [6.45, 7) is 1.93. The van der Waals surface area contributed by atoms with Crippen LogP contribution in [-0.2, 0) is 4.74 Å². The molecular weight excluding hydrogens is 253 g/mol. The number of anilines is 1. The van der Waals surface area contributed by atoms with Crippen LogP contribution in [0.3, 0.4) is 0 Å². The zero-order chi connectivity index (χ0) is 10.6. The molecule has 1 rings (SSSR count). The summed E-state index contributed by atoms with van der Waals surface area (Å²) >= 11 is 3.01. The molecule has 0 fully saturated rings. The van der Waals surface area contributed by atoms with Crippen molar-refractivity contribution in [1.82, 2.24) is 0 Å². The zero-order valence-corrected chi connectivity index (χ0v) is 9.10. The van der Waals surface area contributed by atoms with Gasteiger partial charge in [-0.15, -0.1) is 0 Å². The Morgan fingerprint density at radius 3 is 3.00 bits per heavy atom. The Morgan fingerprint density at radius 1 is 1.64 bits per heavy atom. The van der Waals surface area contributed by atoms with Crippen molar-refractivity contribution in [1.29, 1.82) is 0 Å². The second kappa shape index (κ2) is 4.95. The molecule has 0 bridgehead atoms. The minimum absolute atomic E-state index is 0.0952. The normalized spacial score (nSPS) is 9.64. The molecule has 0 aliphatic carbocycles. The maximum atomic E-state index is 13.3. The van der Waals surface area contributed by atoms with Crippen molar-refractivity contribution in [2.24, 2.45) is 0 Å². The number of nitrogens with one attached hydrogen (secondary N) is 1. The van der Waals surface area contributed by atoms with E-state index in [0.717, 1.165) is 0 Å². The van der Waals surface area contributed by atoms with Gasteiger partial charge in [-0.2, -0.15) is 0 Å². The number of hydrogen-bond acceptors (Lipinski definition) is 2. The second-order valence-corrected chi connectivity index (χ2v) is 3.30. The first-order valence-electron chi connectivity index (χ1n) is 4.03. The lowest BCUT2D eigenvalue weighted by Gasteiger charge is -2.06. The highest BCUT2D eigenvalue weighted by molar-refractivity contribution is 9.10. The summed E-state index contributed by atoms with van der Waals surface area (Å²) in [6, 6.07) is 4.62. The van der Waals surface area contributed by atoms with Crippen LogP contribution in [0.4, 0.5) is 14.9 Å². The van der Waals surface area contributed by atoms with Crippen molar-refractivity contribution < 1.29 is 13.9 Å². The minimum Gasteiger partial charge on any atom is -0.450 e. The Bertz CT molecular complexity index is 344. The predicted molar refractivity (Wildman–Crippen MR) is 54.7 cm³/mol. The third-order valence-electron chi connectivity index (χ3n) is 1.46. The Kier molecular flexibility index (Phi) is 3.88. The summed E-state index contributed by atoms with van der Waals surface area (Å²) in [5, 5.41) is 2.29. The van der Waals surface area contributed by atoms with E-state index in [1.54, 1.807) is 19.1 Å². The van der Waals surface area contributed by atoms with Crippen molar-refractivity contribution in [2.45, 2.75) is 6.92 Å². The number of ether oxygens (including phenoxy) is 1. The first-order valence-corrected chi connectivity index (χ1v) is 4.82. The van der Waals surface area contributed by atoms with Gasteiger partial charge in [-0.25, -0.2) is 9.18 Å². The quantitative estimate of drug-likeness (QED) is 0.888. The van der Waals surface area contributed by atoms with Gasteiger partial charge in [0.25, 0.3) is 0 Å². The SMILES string of the molecule is CCOC(=O)Nc1cccc(Br)c1F. The summed E-state index contributed by atoms with van der Waals surface area (Å²) in [5.41, 5.74) is 0.0952. The highest BCUT2D eigenvalue weighted by Gasteiger charge is 2.08. The zero-order valence-electron chi connectivity index (χ0n) is 7.51. The van der Waals surface area contributed by atoms with Crippen LogP contribution in [0.5, 0.6) is 0 Å². The van der Waals surface area contributed by atoms with Gasteiger partial charge in [0.05, 0.1) is 16.8 Å². The van der Waals surface area contributed by atoms with Gasteiger partial charge in [0, 0.05) is 0 Å². The Hall–Kier alpha value is -1.10. The topological polar surface area (TPSA) is 38.3 Å². The number of carbonyl (C=O) groups is 1. The molecule has 0 spiro atoms. The van der Waals surface area contributed by atoms with Crippen LogP contribution >= 0.6 is 15.9 Å². The predicted octanol–water partition coefficient (Wildman–Crippen LogP) is 3.16. The Balaban J connectivity index is 2.76. The maximum absolute atomic E-state index is 13.3. The number of hydrogen-bond donors (Lipinski definition) is 1. The van der Waals surface area contributed by atoms with Gasteiger partial charge in [0.1, 0.15) is 0 Å². The number of carbonyl (C=O) groups excluding carboxylic acids is 1. The first-order chi connectivity index (χ1) is 6.65. The van der Waals surface area contributed by atoms with Crippen LogP contribution < -0.4 is 5.32 Å². The standard InChI is InChI=1S/C9H9BrFNO2/c1-2-14-9(13)12-7-5-3-4-6(10)8(7)11/h3-5H,2H2,1H3,(H,12,13). The monoisotopic (exact) mass is 261 g/mol. The van der Waals surface area contributed by atoms with Crippen LogP contribution in [0.15, 0.2) is 22.7 Å². The lowest BCUT2D eigenvalue weighted by molar-refractivity contribution is 0.168. The molecule has 0 atom stereocenters. The molecule has 1 aromatic rings. The van der Waals surface area contributed by atoms with E-state index in [0.29, 0.717) is 4.47 Å². The number of amides is 1. The molecule has 5 heteroatoms. The van der Waals surface area contributed by atoms with Gasteiger partial charge in [-0.3, -0.25) is 5.32 Å². The molecule has 0 aliphatic rings.